The van der Waals surface area contributed by atoms with Gasteiger partial charge in [-0.25, -0.2) is 8.78 Å². The second-order valence-corrected chi connectivity index (χ2v) is 13.3. The maximum absolute atomic E-state index is 14.5. The number of para-hydroxylation sites is 1. The molecule has 5 aromatic rings. The van der Waals surface area contributed by atoms with E-state index in [1.165, 1.54) is 35.5 Å². The van der Waals surface area contributed by atoms with Crippen LogP contribution < -0.4 is 5.43 Å². The van der Waals surface area contributed by atoms with Crippen molar-refractivity contribution in [1.82, 2.24) is 14.4 Å². The van der Waals surface area contributed by atoms with Crippen molar-refractivity contribution in [2.75, 3.05) is 26.2 Å². The fourth-order valence-electron chi connectivity index (χ4n) is 5.81. The summed E-state index contributed by atoms with van der Waals surface area (Å²) in [7, 11) is 0. The van der Waals surface area contributed by atoms with Gasteiger partial charge in [0.15, 0.2) is 17.1 Å². The molecule has 8 heteroatoms. The third kappa shape index (κ3) is 8.41. The number of rotatable bonds is 14. The molecule has 1 heterocycles. The summed E-state index contributed by atoms with van der Waals surface area (Å²) in [6, 6.07) is 29.8. The Kier molecular flexibility index (Phi) is 11.8. The van der Waals surface area contributed by atoms with Gasteiger partial charge in [-0.15, -0.1) is 11.8 Å². The van der Waals surface area contributed by atoms with Gasteiger partial charge < -0.3 is 14.4 Å². The van der Waals surface area contributed by atoms with Crippen LogP contribution in [0.2, 0.25) is 0 Å². The maximum Gasteiger partial charge on any atom is 0.242 e. The average Bonchev–Trinajstić information content (AvgIpc) is 3.10. The number of nitrogens with zero attached hydrogens (tertiary/aromatic N) is 3. The van der Waals surface area contributed by atoms with E-state index in [4.69, 9.17) is 0 Å². The van der Waals surface area contributed by atoms with Crippen molar-refractivity contribution in [3.8, 4) is 11.1 Å². The lowest BCUT2D eigenvalue weighted by Gasteiger charge is -2.28. The van der Waals surface area contributed by atoms with Crippen LogP contribution in [0.15, 0.2) is 107 Å². The smallest absolute Gasteiger partial charge is 0.242 e. The highest BCUT2D eigenvalue weighted by Gasteiger charge is 2.20. The third-order valence-electron chi connectivity index (χ3n) is 8.85. The topological polar surface area (TPSA) is 45.5 Å². The van der Waals surface area contributed by atoms with Crippen molar-refractivity contribution in [3.63, 3.8) is 0 Å². The van der Waals surface area contributed by atoms with Gasteiger partial charge in [0.1, 0.15) is 6.54 Å². The van der Waals surface area contributed by atoms with E-state index in [0.717, 1.165) is 42.4 Å². The highest BCUT2D eigenvalue weighted by atomic mass is 32.2. The number of halogens is 2. The van der Waals surface area contributed by atoms with Gasteiger partial charge in [-0.05, 0) is 59.5 Å². The molecule has 0 saturated heterocycles. The fraction of sp³-hybridized carbons (Fsp3) is 0.300. The second-order valence-electron chi connectivity index (χ2n) is 12.3. The summed E-state index contributed by atoms with van der Waals surface area (Å²) < 4.78 is 30.3. The number of hydrogen-bond donors (Lipinski definition) is 0. The lowest BCUT2D eigenvalue weighted by atomic mass is 9.98. The van der Waals surface area contributed by atoms with E-state index in [-0.39, 0.29) is 29.2 Å². The minimum Gasteiger partial charge on any atom is -0.336 e. The van der Waals surface area contributed by atoms with Gasteiger partial charge in [0.2, 0.25) is 5.91 Å². The van der Waals surface area contributed by atoms with Gasteiger partial charge in [0.05, 0.1) is 10.5 Å². The molecule has 0 unspecified atom stereocenters. The van der Waals surface area contributed by atoms with Crippen LogP contribution in [0.3, 0.4) is 0 Å². The largest absolute Gasteiger partial charge is 0.336 e. The molecule has 0 atom stereocenters. The van der Waals surface area contributed by atoms with Gasteiger partial charge in [-0.1, -0.05) is 100 Å². The number of likely N-dealkylation sites (N-methyl/N-ethyl adjacent to an activating group) is 1. The molecule has 48 heavy (non-hydrogen) atoms. The molecule has 0 bridgehead atoms. The fourth-order valence-corrected chi connectivity index (χ4v) is 6.85. The lowest BCUT2D eigenvalue weighted by Crippen LogP contribution is -2.40. The Bertz CT molecular complexity index is 1900. The first-order chi connectivity index (χ1) is 23.2. The highest BCUT2D eigenvalue weighted by molar-refractivity contribution is 7.98. The Morgan fingerprint density at radius 2 is 1.50 bits per heavy atom. The van der Waals surface area contributed by atoms with Gasteiger partial charge in [-0.2, -0.15) is 0 Å². The predicted molar refractivity (Wildman–Crippen MR) is 193 cm³/mol. The molecule has 1 amide bonds. The summed E-state index contributed by atoms with van der Waals surface area (Å²) in [5.41, 5.74) is 5.21. The molecule has 4 aromatic carbocycles. The minimum atomic E-state index is -0.917. The van der Waals surface area contributed by atoms with Crippen molar-refractivity contribution in [2.45, 2.75) is 57.5 Å². The van der Waals surface area contributed by atoms with Crippen LogP contribution >= 0.6 is 11.8 Å². The first kappa shape index (κ1) is 35.0. The van der Waals surface area contributed by atoms with Gasteiger partial charge >= 0.3 is 0 Å². The SMILES string of the molecule is CCN(CC)CCN(Cc1ccc(-c2ccc(C(C)C)cc2)cc1)C(=O)Cn1c(SCc2cccc(F)c2F)cc(=O)c2ccccc21. The standard InChI is InChI=1S/C40H43F2N3O2S/c1-5-43(6-2)22-23-44(25-29-14-16-31(17-15-29)32-20-18-30(19-21-32)28(3)4)38(47)26-45-36-13-8-7-11-34(36)37(46)24-39(45)48-27-33-10-9-12-35(41)40(33)42/h7-21,24,28H,5-6,22-23,25-27H2,1-4H3. The van der Waals surface area contributed by atoms with Crippen molar-refractivity contribution in [2.24, 2.45) is 0 Å². The minimum absolute atomic E-state index is 0.00665. The second kappa shape index (κ2) is 16.2. The van der Waals surface area contributed by atoms with Gasteiger partial charge in [0.25, 0.3) is 0 Å². The van der Waals surface area contributed by atoms with E-state index >= 15 is 0 Å². The molecule has 5 rings (SSSR count). The van der Waals surface area contributed by atoms with Crippen LogP contribution in [0.25, 0.3) is 22.0 Å². The highest BCUT2D eigenvalue weighted by Crippen LogP contribution is 2.28. The molecule has 0 aliphatic heterocycles. The summed E-state index contributed by atoms with van der Waals surface area (Å²) in [4.78, 5) is 31.5. The van der Waals surface area contributed by atoms with Crippen LogP contribution in [-0.4, -0.2) is 46.5 Å². The number of carbonyl (C=O) groups excluding carboxylic acids is 1. The molecule has 0 N–H and O–H groups in total. The monoisotopic (exact) mass is 667 g/mol. The number of fused-ring (bicyclic) bond motifs is 1. The molecule has 0 aliphatic carbocycles. The quantitative estimate of drug-likeness (QED) is 0.111. The Morgan fingerprint density at radius 1 is 0.833 bits per heavy atom. The molecule has 0 radical (unpaired) electrons. The number of aromatic nitrogens is 1. The average molecular weight is 668 g/mol. The number of pyridine rings is 1. The molecular formula is C40H43F2N3O2S. The molecule has 5 nitrogen and oxygen atoms in total. The summed E-state index contributed by atoms with van der Waals surface area (Å²) in [6.07, 6.45) is 0. The number of benzene rings is 4. The summed E-state index contributed by atoms with van der Waals surface area (Å²) in [6.45, 7) is 12.0. The molecule has 0 spiro atoms. The molecule has 250 valence electrons. The van der Waals surface area contributed by atoms with Crippen molar-refractivity contribution in [3.05, 3.63) is 136 Å². The number of carbonyl (C=O) groups is 1. The Hall–Kier alpha value is -4.27. The Labute approximate surface area is 286 Å². The molecule has 0 aliphatic rings. The molecule has 0 fully saturated rings. The van der Waals surface area contributed by atoms with Crippen LogP contribution in [-0.2, 0) is 23.6 Å². The molecular weight excluding hydrogens is 625 g/mol. The van der Waals surface area contributed by atoms with E-state index in [1.807, 2.05) is 21.6 Å². The normalized spacial score (nSPS) is 11.5. The molecule has 1 aromatic heterocycles. The summed E-state index contributed by atoms with van der Waals surface area (Å²) >= 11 is 1.21. The summed E-state index contributed by atoms with van der Waals surface area (Å²) in [5.74, 6) is -1.34. The predicted octanol–water partition coefficient (Wildman–Crippen LogP) is 8.73. The van der Waals surface area contributed by atoms with Crippen LogP contribution in [0.1, 0.15) is 50.3 Å². The van der Waals surface area contributed by atoms with E-state index in [0.29, 0.717) is 34.9 Å². The lowest BCUT2D eigenvalue weighted by molar-refractivity contribution is -0.132. The maximum atomic E-state index is 14.5. The zero-order valence-electron chi connectivity index (χ0n) is 28.1. The first-order valence-electron chi connectivity index (χ1n) is 16.6. The van der Waals surface area contributed by atoms with Crippen molar-refractivity contribution < 1.29 is 13.6 Å². The zero-order chi connectivity index (χ0) is 34.2. The van der Waals surface area contributed by atoms with Gasteiger partial charge in [0, 0.05) is 42.4 Å². The van der Waals surface area contributed by atoms with E-state index in [9.17, 15) is 18.4 Å². The number of hydrogen-bond acceptors (Lipinski definition) is 4. The van der Waals surface area contributed by atoms with E-state index < -0.39 is 11.6 Å². The number of amides is 1. The van der Waals surface area contributed by atoms with E-state index in [1.54, 1.807) is 12.1 Å². The first-order valence-corrected chi connectivity index (χ1v) is 17.5. The van der Waals surface area contributed by atoms with Gasteiger partial charge in [-0.3, -0.25) is 9.59 Å². The zero-order valence-corrected chi connectivity index (χ0v) is 28.9. The Morgan fingerprint density at radius 3 is 2.17 bits per heavy atom. The summed E-state index contributed by atoms with van der Waals surface area (Å²) in [5, 5.41) is 1.02. The number of thioether (sulfide) groups is 1. The third-order valence-corrected chi connectivity index (χ3v) is 9.94. The Balaban J connectivity index is 1.42. The van der Waals surface area contributed by atoms with Crippen LogP contribution in [0.4, 0.5) is 8.78 Å². The van der Waals surface area contributed by atoms with E-state index in [2.05, 4.69) is 81.1 Å². The van der Waals surface area contributed by atoms with Crippen LogP contribution in [0, 0.1) is 11.6 Å². The van der Waals surface area contributed by atoms with Crippen molar-refractivity contribution >= 4 is 28.6 Å². The molecule has 0 saturated carbocycles. The van der Waals surface area contributed by atoms with Crippen LogP contribution in [0.5, 0.6) is 0 Å². The van der Waals surface area contributed by atoms with Crippen molar-refractivity contribution in [1.29, 1.82) is 0 Å².